The molecule has 2 aromatic heterocycles. The Morgan fingerprint density at radius 2 is 1.59 bits per heavy atom. The van der Waals surface area contributed by atoms with Crippen LogP contribution in [0.25, 0.3) is 10.6 Å². The van der Waals surface area contributed by atoms with Crippen LogP contribution in [0, 0.1) is 6.92 Å². The van der Waals surface area contributed by atoms with Gasteiger partial charge in [0.2, 0.25) is 0 Å². The topological polar surface area (TPSA) is 144 Å². The summed E-state index contributed by atoms with van der Waals surface area (Å²) in [6.45, 7) is 7.57. The van der Waals surface area contributed by atoms with Crippen LogP contribution in [0.2, 0.25) is 0 Å². The number of carboxylic acids is 2. The molecule has 1 aliphatic rings. The van der Waals surface area contributed by atoms with E-state index in [-0.39, 0.29) is 0 Å². The van der Waals surface area contributed by atoms with Crippen LogP contribution in [0.4, 0.5) is 31.5 Å². The minimum atomic E-state index is -5.08. The number of alkyl halides is 6. The lowest BCUT2D eigenvalue weighted by Gasteiger charge is -2.26. The molecular weight excluding hydrogens is 500 g/mol. The smallest absolute Gasteiger partial charge is 0.475 e. The van der Waals surface area contributed by atoms with Gasteiger partial charge in [0.25, 0.3) is 0 Å². The van der Waals surface area contributed by atoms with Crippen LogP contribution < -0.4 is 5.73 Å². The first-order chi connectivity index (χ1) is 15.6. The van der Waals surface area contributed by atoms with Crippen molar-refractivity contribution in [3.8, 4) is 10.6 Å². The number of nitrogen functional groups attached to an aromatic ring is 1. The maximum absolute atomic E-state index is 10.6. The van der Waals surface area contributed by atoms with Crippen molar-refractivity contribution < 1.29 is 50.9 Å². The fourth-order valence-corrected chi connectivity index (χ4v) is 3.13. The van der Waals surface area contributed by atoms with E-state index in [0.717, 1.165) is 55.7 Å². The summed E-state index contributed by atoms with van der Waals surface area (Å²) in [5, 5.41) is 19.5. The molecule has 0 aliphatic carbocycles. The number of halogens is 6. The van der Waals surface area contributed by atoms with Crippen LogP contribution in [0.1, 0.15) is 5.69 Å². The SMILES string of the molecule is Cc1nc(N)sc1-c1ccn(CCN2CCOCC2)n1.O=C(O)C(F)(F)F.O=C(O)C(F)(F)F. The van der Waals surface area contributed by atoms with E-state index < -0.39 is 24.3 Å². The monoisotopic (exact) mass is 521 g/mol. The molecule has 0 saturated carbocycles. The van der Waals surface area contributed by atoms with Gasteiger partial charge in [-0.2, -0.15) is 31.4 Å². The Bertz CT molecular complexity index is 916. The average Bonchev–Trinajstić information content (AvgIpc) is 3.32. The fraction of sp³-hybridized carbons (Fsp3) is 0.529. The number of hydrogen-bond acceptors (Lipinski definition) is 8. The summed E-state index contributed by atoms with van der Waals surface area (Å²) in [5.41, 5.74) is 7.64. The van der Waals surface area contributed by atoms with Crippen molar-refractivity contribution in [1.82, 2.24) is 19.7 Å². The summed E-state index contributed by atoms with van der Waals surface area (Å²) in [6, 6.07) is 2.03. The quantitative estimate of drug-likeness (QED) is 0.517. The molecule has 0 bridgehead atoms. The summed E-state index contributed by atoms with van der Waals surface area (Å²) in [5.74, 6) is -5.51. The second-order valence-electron chi connectivity index (χ2n) is 6.49. The van der Waals surface area contributed by atoms with Crippen LogP contribution in [0.3, 0.4) is 0 Å². The van der Waals surface area contributed by atoms with Gasteiger partial charge in [-0.1, -0.05) is 11.3 Å². The van der Waals surface area contributed by atoms with Gasteiger partial charge < -0.3 is 20.7 Å². The number of aliphatic carboxylic acids is 2. The first-order valence-corrected chi connectivity index (χ1v) is 10.1. The molecule has 3 rings (SSSR count). The average molecular weight is 521 g/mol. The number of thiazole rings is 1. The minimum Gasteiger partial charge on any atom is -0.475 e. The molecular formula is C17H21F6N5O5S. The zero-order valence-electron chi connectivity index (χ0n) is 17.6. The summed E-state index contributed by atoms with van der Waals surface area (Å²) in [7, 11) is 0. The third kappa shape index (κ3) is 10.3. The van der Waals surface area contributed by atoms with Gasteiger partial charge in [-0.15, -0.1) is 0 Å². The largest absolute Gasteiger partial charge is 0.490 e. The normalized spacial score (nSPS) is 14.4. The molecule has 192 valence electrons. The zero-order chi connectivity index (χ0) is 26.1. The molecule has 0 amide bonds. The highest BCUT2D eigenvalue weighted by molar-refractivity contribution is 7.18. The van der Waals surface area contributed by atoms with Crippen molar-refractivity contribution in [3.05, 3.63) is 18.0 Å². The predicted octanol–water partition coefficient (Wildman–Crippen LogP) is 2.50. The fourth-order valence-electron chi connectivity index (χ4n) is 2.33. The molecule has 10 nitrogen and oxygen atoms in total. The van der Waals surface area contributed by atoms with Crippen molar-refractivity contribution in [3.63, 3.8) is 0 Å². The predicted molar refractivity (Wildman–Crippen MR) is 107 cm³/mol. The molecule has 2 aromatic rings. The van der Waals surface area contributed by atoms with Gasteiger partial charge in [0.05, 0.1) is 30.3 Å². The number of carboxylic acid groups (broad SMARTS) is 2. The third-order valence-electron chi connectivity index (χ3n) is 3.92. The van der Waals surface area contributed by atoms with Gasteiger partial charge in [-0.25, -0.2) is 14.6 Å². The lowest BCUT2D eigenvalue weighted by molar-refractivity contribution is -0.193. The van der Waals surface area contributed by atoms with Crippen molar-refractivity contribution >= 4 is 28.4 Å². The second kappa shape index (κ2) is 12.5. The number of aromatic nitrogens is 3. The number of nitrogens with zero attached hydrogens (tertiary/aromatic N) is 4. The first kappa shape index (κ1) is 29.1. The highest BCUT2D eigenvalue weighted by atomic mass is 32.1. The summed E-state index contributed by atoms with van der Waals surface area (Å²) >= 11 is 1.49. The number of ether oxygens (including phenoxy) is 1. The molecule has 0 aromatic carbocycles. The number of morpholine rings is 1. The first-order valence-electron chi connectivity index (χ1n) is 9.28. The molecule has 0 atom stereocenters. The van der Waals surface area contributed by atoms with E-state index in [9.17, 15) is 26.3 Å². The molecule has 17 heteroatoms. The Kier molecular flexibility index (Phi) is 10.7. The number of carbonyl (C=O) groups is 2. The van der Waals surface area contributed by atoms with Gasteiger partial charge in [0.1, 0.15) is 5.69 Å². The zero-order valence-corrected chi connectivity index (χ0v) is 18.4. The van der Waals surface area contributed by atoms with Crippen molar-refractivity contribution in [1.29, 1.82) is 0 Å². The number of rotatable bonds is 4. The van der Waals surface area contributed by atoms with Crippen molar-refractivity contribution in [2.45, 2.75) is 25.8 Å². The molecule has 1 aliphatic heterocycles. The van der Waals surface area contributed by atoms with Crippen LogP contribution in [0.15, 0.2) is 12.3 Å². The number of anilines is 1. The number of aryl methyl sites for hydroxylation is 1. The van der Waals surface area contributed by atoms with E-state index in [2.05, 4.69) is 15.0 Å². The molecule has 1 saturated heterocycles. The molecule has 34 heavy (non-hydrogen) atoms. The second-order valence-corrected chi connectivity index (χ2v) is 7.52. The standard InChI is InChI=1S/C13H19N5OS.2C2HF3O2/c1-10-12(20-13(14)15-10)11-2-3-18(16-11)5-4-17-6-8-19-9-7-17;2*3-2(4,5)1(6)7/h2-3H,4-9H2,1H3,(H2,14,15);2*(H,6,7). The van der Waals surface area contributed by atoms with Crippen molar-refractivity contribution in [2.75, 3.05) is 38.6 Å². The van der Waals surface area contributed by atoms with Crippen LogP contribution in [-0.2, 0) is 20.9 Å². The van der Waals surface area contributed by atoms with E-state index in [1.54, 1.807) is 0 Å². The van der Waals surface area contributed by atoms with E-state index >= 15 is 0 Å². The highest BCUT2D eigenvalue weighted by Gasteiger charge is 2.38. The maximum atomic E-state index is 10.6. The summed E-state index contributed by atoms with van der Waals surface area (Å²) < 4.78 is 70.8. The Balaban J connectivity index is 0.000000343. The molecule has 0 unspecified atom stereocenters. The van der Waals surface area contributed by atoms with Gasteiger partial charge in [-0.3, -0.25) is 9.58 Å². The Hall–Kier alpha value is -2.92. The van der Waals surface area contributed by atoms with E-state index in [1.807, 2.05) is 23.9 Å². The Morgan fingerprint density at radius 3 is 2.00 bits per heavy atom. The van der Waals surface area contributed by atoms with E-state index in [0.29, 0.717) is 5.13 Å². The molecule has 4 N–H and O–H groups in total. The highest BCUT2D eigenvalue weighted by Crippen LogP contribution is 2.29. The molecule has 0 radical (unpaired) electrons. The third-order valence-corrected chi connectivity index (χ3v) is 4.93. The number of hydrogen-bond donors (Lipinski definition) is 3. The van der Waals surface area contributed by atoms with E-state index in [1.165, 1.54) is 11.3 Å². The van der Waals surface area contributed by atoms with Crippen LogP contribution in [0.5, 0.6) is 0 Å². The van der Waals surface area contributed by atoms with Crippen LogP contribution >= 0.6 is 11.3 Å². The number of nitrogens with two attached hydrogens (primary N) is 1. The van der Waals surface area contributed by atoms with Crippen LogP contribution in [-0.4, -0.2) is 87.0 Å². The minimum absolute atomic E-state index is 0.598. The van der Waals surface area contributed by atoms with Gasteiger partial charge in [0.15, 0.2) is 5.13 Å². The molecule has 1 fully saturated rings. The lowest BCUT2D eigenvalue weighted by atomic mass is 10.3. The van der Waals surface area contributed by atoms with Crippen molar-refractivity contribution in [2.24, 2.45) is 0 Å². The Morgan fingerprint density at radius 1 is 1.09 bits per heavy atom. The van der Waals surface area contributed by atoms with E-state index in [4.69, 9.17) is 30.3 Å². The molecule has 0 spiro atoms. The van der Waals surface area contributed by atoms with Gasteiger partial charge >= 0.3 is 24.3 Å². The summed E-state index contributed by atoms with van der Waals surface area (Å²) in [6.07, 6.45) is -8.15. The Labute approximate surface area is 192 Å². The summed E-state index contributed by atoms with van der Waals surface area (Å²) in [4.78, 5) is 25.5. The lowest BCUT2D eigenvalue weighted by Crippen LogP contribution is -2.38. The van der Waals surface area contributed by atoms with Gasteiger partial charge in [0, 0.05) is 25.8 Å². The van der Waals surface area contributed by atoms with Gasteiger partial charge in [-0.05, 0) is 13.0 Å². The maximum Gasteiger partial charge on any atom is 0.490 e. The molecule has 3 heterocycles.